The number of allylic oxidation sites excluding steroid dienone is 1. The molecule has 0 saturated heterocycles. The fourth-order valence-electron chi connectivity index (χ4n) is 3.25. The summed E-state index contributed by atoms with van der Waals surface area (Å²) in [6.45, 7) is -6.30. The van der Waals surface area contributed by atoms with E-state index in [1.54, 1.807) is 36.4 Å². The lowest BCUT2D eigenvalue weighted by molar-refractivity contribution is 0.102. The molecule has 0 aliphatic carbocycles. The molecule has 0 radical (unpaired) electrons. The minimum Gasteiger partial charge on any atom is -0.445 e. The van der Waals surface area contributed by atoms with Gasteiger partial charge < -0.3 is 12.9 Å². The smallest absolute Gasteiger partial charge is 0.445 e. The molecule has 0 aliphatic heterocycles. The molecule has 0 aliphatic rings. The molecule has 208 valence electrons. The first-order valence-corrected chi connectivity index (χ1v) is 13.1. The highest BCUT2D eigenvalue weighted by molar-refractivity contribution is 8.03. The van der Waals surface area contributed by atoms with Gasteiger partial charge >= 0.3 is 6.98 Å². The molecule has 1 atom stereocenters. The molecule has 0 amide bonds. The molecule has 0 heterocycles. The molecule has 40 heavy (non-hydrogen) atoms. The van der Waals surface area contributed by atoms with Crippen LogP contribution < -0.4 is 5.46 Å². The van der Waals surface area contributed by atoms with Crippen LogP contribution in [0.25, 0.3) is 0 Å². The van der Waals surface area contributed by atoms with Crippen molar-refractivity contribution >= 4 is 28.2 Å². The maximum Gasteiger partial charge on any atom is 0.515 e. The molecule has 0 bridgehead atoms. The zero-order chi connectivity index (χ0) is 30.1. The van der Waals surface area contributed by atoms with Gasteiger partial charge in [0.25, 0.3) is 0 Å². The predicted molar refractivity (Wildman–Crippen MR) is 133 cm³/mol. The van der Waals surface area contributed by atoms with Gasteiger partial charge in [0.15, 0.2) is 23.2 Å². The molecular weight excluding hydrogens is 567 g/mol. The van der Waals surface area contributed by atoms with Gasteiger partial charge in [0.1, 0.15) is 40.9 Å². The van der Waals surface area contributed by atoms with E-state index in [0.29, 0.717) is 5.56 Å². The van der Waals surface area contributed by atoms with Crippen molar-refractivity contribution in [2.45, 2.75) is 5.75 Å². The van der Waals surface area contributed by atoms with E-state index in [0.717, 1.165) is 5.56 Å². The van der Waals surface area contributed by atoms with Crippen molar-refractivity contribution in [3.8, 4) is 12.1 Å². The van der Waals surface area contributed by atoms with E-state index in [1.807, 2.05) is 36.4 Å². The molecule has 14 heteroatoms. The van der Waals surface area contributed by atoms with Gasteiger partial charge in [-0.15, -0.1) is 4.21 Å². The molecule has 3 aromatic carbocycles. The van der Waals surface area contributed by atoms with Gasteiger partial charge in [0, 0.05) is 11.1 Å². The second-order valence-electron chi connectivity index (χ2n) is 8.10. The van der Waals surface area contributed by atoms with Gasteiger partial charge in [-0.3, -0.25) is 4.79 Å². The Labute approximate surface area is 224 Å². The average Bonchev–Trinajstić information content (AvgIpc) is 2.92. The van der Waals surface area contributed by atoms with Crippen molar-refractivity contribution in [3.63, 3.8) is 0 Å². The fraction of sp³-hybridized carbons (Fsp3) is 0.115. The van der Waals surface area contributed by atoms with Crippen LogP contribution in [-0.2, 0) is 19.9 Å². The first kappa shape index (κ1) is 31.9. The van der Waals surface area contributed by atoms with Gasteiger partial charge in [0.05, 0.1) is 9.93 Å². The number of halogens is 8. The van der Waals surface area contributed by atoms with Crippen LogP contribution in [0.1, 0.15) is 15.9 Å². The lowest BCUT2D eigenvalue weighted by Gasteiger charge is -2.17. The summed E-state index contributed by atoms with van der Waals surface area (Å²) in [7, 11) is -2.63. The van der Waals surface area contributed by atoms with Crippen LogP contribution in [0.15, 0.2) is 72.3 Å². The predicted octanol–water partition coefficient (Wildman–Crippen LogP) is 5.98. The Morgan fingerprint density at radius 3 is 1.68 bits per heavy atom. The van der Waals surface area contributed by atoms with E-state index in [9.17, 15) is 43.9 Å². The molecule has 0 aromatic heterocycles. The highest BCUT2D eigenvalue weighted by Crippen LogP contribution is 2.22. The Bertz CT molecular complexity index is 1490. The van der Waals surface area contributed by atoms with E-state index in [1.165, 1.54) is 6.08 Å². The summed E-state index contributed by atoms with van der Waals surface area (Å²) in [4.78, 5) is 12.5. The third kappa shape index (κ3) is 8.35. The number of benzene rings is 3. The van der Waals surface area contributed by atoms with Crippen LogP contribution in [0.4, 0.5) is 34.9 Å². The second kappa shape index (κ2) is 13.7. The zero-order valence-corrected chi connectivity index (χ0v) is 21.0. The number of nitrogens with zero attached hydrogens (tertiary/aromatic N) is 2. The number of carbonyl (C=O) groups excluding carboxylic acids is 1. The van der Waals surface area contributed by atoms with E-state index in [-0.39, 0.29) is 28.6 Å². The second-order valence-corrected chi connectivity index (χ2v) is 10.9. The maximum absolute atomic E-state index is 13.4. The van der Waals surface area contributed by atoms with Crippen LogP contribution in [-0.4, -0.2) is 24.3 Å². The van der Waals surface area contributed by atoms with Gasteiger partial charge in [-0.05, 0) is 11.5 Å². The Kier molecular flexibility index (Phi) is 10.9. The Morgan fingerprint density at radius 2 is 1.23 bits per heavy atom. The lowest BCUT2D eigenvalue weighted by Crippen LogP contribution is -2.41. The first-order chi connectivity index (χ1) is 18.7. The van der Waals surface area contributed by atoms with Gasteiger partial charge in [-0.2, -0.15) is 10.5 Å². The molecular formula is C26H17BF8N2O2S. The topological polar surface area (TPSA) is 81.7 Å². The van der Waals surface area contributed by atoms with E-state index >= 15 is 0 Å². The number of hydrogen-bond acceptors (Lipinski definition) is 4. The summed E-state index contributed by atoms with van der Waals surface area (Å²) < 4.78 is 111. The number of hydrogen-bond donors (Lipinski definition) is 0. The van der Waals surface area contributed by atoms with Gasteiger partial charge in [-0.1, -0.05) is 60.7 Å². The highest BCUT2D eigenvalue weighted by Gasteiger charge is 2.38. The molecule has 0 N–H and O–H groups in total. The number of nitriles is 2. The lowest BCUT2D eigenvalue weighted by atomic mass is 9.79. The fourth-order valence-corrected chi connectivity index (χ4v) is 5.51. The molecule has 3 rings (SSSR count). The minimum atomic E-state index is -6.30. The van der Waals surface area contributed by atoms with E-state index < -0.39 is 51.5 Å². The summed E-state index contributed by atoms with van der Waals surface area (Å²) >= 11 is 0. The van der Waals surface area contributed by atoms with Crippen LogP contribution in [0.2, 0.25) is 0 Å². The molecule has 3 aromatic rings. The third-order valence-electron chi connectivity index (χ3n) is 5.17. The van der Waals surface area contributed by atoms with E-state index in [2.05, 4.69) is 0 Å². The zero-order valence-electron chi connectivity index (χ0n) is 20.2. The van der Waals surface area contributed by atoms with Crippen molar-refractivity contribution in [2.24, 2.45) is 0 Å². The maximum atomic E-state index is 13.4. The Balaban J connectivity index is 0.000000319. The quantitative estimate of drug-likeness (QED) is 0.0621. The average molecular weight is 584 g/mol. The monoisotopic (exact) mass is 584 g/mol. The SMILES string of the molecule is Fc1c(F)c(F)c([B-](F)(F)F)c(F)c1F.N#CC(C#N)=CC[S+](=O)(CC(=O)c1ccccc1)Cc1ccccc1. The number of ketones is 1. The first-order valence-electron chi connectivity index (χ1n) is 11.0. The normalized spacial score (nSPS) is 12.2. The summed E-state index contributed by atoms with van der Waals surface area (Å²) in [5.41, 5.74) is -1.45. The molecule has 0 saturated carbocycles. The van der Waals surface area contributed by atoms with Crippen molar-refractivity contribution in [1.29, 1.82) is 10.5 Å². The number of carbonyl (C=O) groups is 1. The largest absolute Gasteiger partial charge is 0.515 e. The van der Waals surface area contributed by atoms with Crippen molar-refractivity contribution in [1.82, 2.24) is 0 Å². The van der Waals surface area contributed by atoms with Crippen LogP contribution in [0.5, 0.6) is 0 Å². The summed E-state index contributed by atoms with van der Waals surface area (Å²) in [5.74, 6) is -13.6. The Morgan fingerprint density at radius 1 is 0.775 bits per heavy atom. The molecule has 4 nitrogen and oxygen atoms in total. The minimum absolute atomic E-state index is 0.0247. The van der Waals surface area contributed by atoms with Crippen molar-refractivity contribution in [3.05, 3.63) is 113 Å². The third-order valence-corrected chi connectivity index (χ3v) is 7.59. The van der Waals surface area contributed by atoms with Crippen LogP contribution in [0.3, 0.4) is 0 Å². The standard InChI is InChI=1S/C20H17N2O2S.C6BF8/c21-13-18(14-22)11-12-25(24,15-17-7-3-1-4-8-17)16-20(23)19-9-5-2-6-10-19;8-2-1(7(13,14)15)3(9)5(11)6(12)4(2)10/h1-11H,12,15-16H2;/q+1;-1. The van der Waals surface area contributed by atoms with Crippen molar-refractivity contribution in [2.75, 3.05) is 11.5 Å². The van der Waals surface area contributed by atoms with Crippen LogP contribution in [0, 0.1) is 51.7 Å². The summed E-state index contributed by atoms with van der Waals surface area (Å²) in [5, 5.41) is 17.7. The summed E-state index contributed by atoms with van der Waals surface area (Å²) in [6.07, 6.45) is 1.36. The van der Waals surface area contributed by atoms with Crippen LogP contribution >= 0.6 is 0 Å². The molecule has 1 unspecified atom stereocenters. The van der Waals surface area contributed by atoms with E-state index in [4.69, 9.17) is 10.5 Å². The molecule has 0 spiro atoms. The van der Waals surface area contributed by atoms with Crippen molar-refractivity contribution < 1.29 is 43.9 Å². The summed E-state index contributed by atoms with van der Waals surface area (Å²) in [6, 6.07) is 21.5. The highest BCUT2D eigenvalue weighted by atomic mass is 32.2. The van der Waals surface area contributed by atoms with Gasteiger partial charge in [0.2, 0.25) is 5.78 Å². The Hall–Kier alpha value is -4.30. The number of Topliss-reactive ketones (excluding diaryl/α,β-unsaturated/α-hetero) is 1. The molecule has 0 fully saturated rings. The number of rotatable bonds is 8. The van der Waals surface area contributed by atoms with Gasteiger partial charge in [-0.25, -0.2) is 22.0 Å².